The number of aliphatic hydroxyl groups excluding tert-OH is 1. The van der Waals surface area contributed by atoms with Gasteiger partial charge in [-0.3, -0.25) is 4.79 Å². The van der Waals surface area contributed by atoms with E-state index in [9.17, 15) is 4.79 Å². The molecule has 94 valence electrons. The molecule has 1 amide bonds. The van der Waals surface area contributed by atoms with Crippen molar-refractivity contribution in [2.24, 2.45) is 11.1 Å². The Hall–Kier alpha value is -0.610. The first-order valence-corrected chi connectivity index (χ1v) is 6.30. The third-order valence-corrected chi connectivity index (χ3v) is 3.56. The SMILES string of the molecule is CCCN(CCO)C(=O)C1(CN)CCCC1. The van der Waals surface area contributed by atoms with Crippen molar-refractivity contribution in [3.05, 3.63) is 0 Å². The highest BCUT2D eigenvalue weighted by Crippen LogP contribution is 2.38. The van der Waals surface area contributed by atoms with Gasteiger partial charge in [-0.25, -0.2) is 0 Å². The van der Waals surface area contributed by atoms with Crippen molar-refractivity contribution in [1.29, 1.82) is 0 Å². The first-order valence-electron chi connectivity index (χ1n) is 6.30. The van der Waals surface area contributed by atoms with Gasteiger partial charge < -0.3 is 15.7 Å². The predicted molar refractivity (Wildman–Crippen MR) is 63.9 cm³/mol. The molecule has 0 aromatic carbocycles. The van der Waals surface area contributed by atoms with E-state index in [-0.39, 0.29) is 17.9 Å². The number of hydrogen-bond acceptors (Lipinski definition) is 3. The highest BCUT2D eigenvalue weighted by Gasteiger charge is 2.41. The molecular formula is C12H24N2O2. The van der Waals surface area contributed by atoms with Crippen molar-refractivity contribution < 1.29 is 9.90 Å². The van der Waals surface area contributed by atoms with Crippen molar-refractivity contribution in [2.45, 2.75) is 39.0 Å². The monoisotopic (exact) mass is 228 g/mol. The van der Waals surface area contributed by atoms with Crippen LogP contribution in [-0.4, -0.2) is 42.2 Å². The molecule has 16 heavy (non-hydrogen) atoms. The molecule has 4 nitrogen and oxygen atoms in total. The second-order valence-electron chi connectivity index (χ2n) is 4.71. The third kappa shape index (κ3) is 2.74. The molecule has 0 atom stereocenters. The van der Waals surface area contributed by atoms with E-state index in [1.165, 1.54) is 0 Å². The second kappa shape index (κ2) is 6.21. The first kappa shape index (κ1) is 13.5. The van der Waals surface area contributed by atoms with Crippen LogP contribution in [0.4, 0.5) is 0 Å². The summed E-state index contributed by atoms with van der Waals surface area (Å²) in [6.45, 7) is 3.68. The molecule has 1 aliphatic rings. The molecule has 0 aromatic rings. The zero-order chi connectivity index (χ0) is 12.0. The van der Waals surface area contributed by atoms with Crippen LogP contribution in [0.3, 0.4) is 0 Å². The van der Waals surface area contributed by atoms with Gasteiger partial charge in [-0.2, -0.15) is 0 Å². The van der Waals surface area contributed by atoms with E-state index in [4.69, 9.17) is 10.8 Å². The van der Waals surface area contributed by atoms with Crippen molar-refractivity contribution in [2.75, 3.05) is 26.2 Å². The van der Waals surface area contributed by atoms with Gasteiger partial charge in [0.05, 0.1) is 12.0 Å². The molecule has 1 fully saturated rings. The summed E-state index contributed by atoms with van der Waals surface area (Å²) in [4.78, 5) is 14.2. The van der Waals surface area contributed by atoms with E-state index in [0.717, 1.165) is 38.6 Å². The van der Waals surface area contributed by atoms with Crippen LogP contribution in [0.1, 0.15) is 39.0 Å². The van der Waals surface area contributed by atoms with E-state index in [1.807, 2.05) is 6.92 Å². The summed E-state index contributed by atoms with van der Waals surface area (Å²) >= 11 is 0. The van der Waals surface area contributed by atoms with Crippen molar-refractivity contribution in [1.82, 2.24) is 4.90 Å². The quantitative estimate of drug-likeness (QED) is 0.704. The smallest absolute Gasteiger partial charge is 0.230 e. The summed E-state index contributed by atoms with van der Waals surface area (Å²) in [7, 11) is 0. The Balaban J connectivity index is 2.70. The first-order chi connectivity index (χ1) is 7.70. The summed E-state index contributed by atoms with van der Waals surface area (Å²) in [5, 5.41) is 8.99. The normalized spacial score (nSPS) is 18.7. The maximum atomic E-state index is 12.4. The van der Waals surface area contributed by atoms with Gasteiger partial charge in [-0.1, -0.05) is 19.8 Å². The average molecular weight is 228 g/mol. The zero-order valence-corrected chi connectivity index (χ0v) is 10.2. The lowest BCUT2D eigenvalue weighted by atomic mass is 9.84. The molecule has 0 heterocycles. The van der Waals surface area contributed by atoms with E-state index in [2.05, 4.69) is 0 Å². The Morgan fingerprint density at radius 1 is 1.38 bits per heavy atom. The number of carbonyl (C=O) groups excluding carboxylic acids is 1. The fourth-order valence-electron chi connectivity index (χ4n) is 2.60. The molecule has 1 aliphatic carbocycles. The predicted octanol–water partition coefficient (Wildman–Crippen LogP) is 0.736. The number of amides is 1. The fraction of sp³-hybridized carbons (Fsp3) is 0.917. The summed E-state index contributed by atoms with van der Waals surface area (Å²) in [5.74, 6) is 0.156. The highest BCUT2D eigenvalue weighted by molar-refractivity contribution is 5.83. The van der Waals surface area contributed by atoms with Crippen molar-refractivity contribution >= 4 is 5.91 Å². The number of nitrogens with two attached hydrogens (primary N) is 1. The molecule has 0 radical (unpaired) electrons. The lowest BCUT2D eigenvalue weighted by molar-refractivity contribution is -0.142. The molecule has 0 spiro atoms. The van der Waals surface area contributed by atoms with Crippen LogP contribution >= 0.6 is 0 Å². The molecule has 4 heteroatoms. The van der Waals surface area contributed by atoms with Crippen LogP contribution in [0.15, 0.2) is 0 Å². The highest BCUT2D eigenvalue weighted by atomic mass is 16.3. The summed E-state index contributed by atoms with van der Waals surface area (Å²) in [6.07, 6.45) is 4.94. The van der Waals surface area contributed by atoms with Gasteiger partial charge >= 0.3 is 0 Å². The second-order valence-corrected chi connectivity index (χ2v) is 4.71. The molecule has 0 saturated heterocycles. The molecule has 0 aliphatic heterocycles. The Labute approximate surface area is 97.8 Å². The van der Waals surface area contributed by atoms with Gasteiger partial charge in [0.1, 0.15) is 0 Å². The standard InChI is InChI=1S/C12H24N2O2/c1-2-7-14(8-9-15)11(16)12(10-13)5-3-4-6-12/h15H,2-10,13H2,1H3. The van der Waals surface area contributed by atoms with Crippen LogP contribution in [0, 0.1) is 5.41 Å². The number of nitrogens with zero attached hydrogens (tertiary/aromatic N) is 1. The van der Waals surface area contributed by atoms with Crippen molar-refractivity contribution in [3.8, 4) is 0 Å². The lowest BCUT2D eigenvalue weighted by Gasteiger charge is -2.33. The summed E-state index contributed by atoms with van der Waals surface area (Å²) < 4.78 is 0. The molecular weight excluding hydrogens is 204 g/mol. The van der Waals surface area contributed by atoms with Crippen LogP contribution in [-0.2, 0) is 4.79 Å². The summed E-state index contributed by atoms with van der Waals surface area (Å²) in [6, 6.07) is 0. The Bertz CT molecular complexity index is 219. The van der Waals surface area contributed by atoms with Gasteiger partial charge in [0.25, 0.3) is 0 Å². The summed E-state index contributed by atoms with van der Waals surface area (Å²) in [5.41, 5.74) is 5.46. The number of aliphatic hydroxyl groups is 1. The van der Waals surface area contributed by atoms with E-state index < -0.39 is 0 Å². The zero-order valence-electron chi connectivity index (χ0n) is 10.2. The van der Waals surface area contributed by atoms with Gasteiger partial charge in [0, 0.05) is 19.6 Å². The van der Waals surface area contributed by atoms with Crippen LogP contribution in [0.2, 0.25) is 0 Å². The number of carbonyl (C=O) groups is 1. The topological polar surface area (TPSA) is 66.6 Å². The average Bonchev–Trinajstić information content (AvgIpc) is 2.77. The van der Waals surface area contributed by atoms with Crippen LogP contribution in [0.25, 0.3) is 0 Å². The Morgan fingerprint density at radius 3 is 2.44 bits per heavy atom. The minimum absolute atomic E-state index is 0.0341. The van der Waals surface area contributed by atoms with E-state index >= 15 is 0 Å². The molecule has 0 aromatic heterocycles. The largest absolute Gasteiger partial charge is 0.395 e. The molecule has 0 unspecified atom stereocenters. The maximum absolute atomic E-state index is 12.4. The van der Waals surface area contributed by atoms with Crippen LogP contribution in [0.5, 0.6) is 0 Å². The minimum atomic E-state index is -0.329. The molecule has 3 N–H and O–H groups in total. The number of rotatable bonds is 6. The fourth-order valence-corrected chi connectivity index (χ4v) is 2.60. The van der Waals surface area contributed by atoms with Crippen LogP contribution < -0.4 is 5.73 Å². The van der Waals surface area contributed by atoms with E-state index in [0.29, 0.717) is 13.1 Å². The maximum Gasteiger partial charge on any atom is 0.230 e. The van der Waals surface area contributed by atoms with E-state index in [1.54, 1.807) is 4.90 Å². The number of hydrogen-bond donors (Lipinski definition) is 2. The molecule has 0 bridgehead atoms. The van der Waals surface area contributed by atoms with Gasteiger partial charge in [0.15, 0.2) is 0 Å². The van der Waals surface area contributed by atoms with Gasteiger partial charge in [0.2, 0.25) is 5.91 Å². The van der Waals surface area contributed by atoms with Crippen molar-refractivity contribution in [3.63, 3.8) is 0 Å². The van der Waals surface area contributed by atoms with Gasteiger partial charge in [-0.15, -0.1) is 0 Å². The molecule has 1 saturated carbocycles. The Morgan fingerprint density at radius 2 is 2.00 bits per heavy atom. The minimum Gasteiger partial charge on any atom is -0.395 e. The third-order valence-electron chi connectivity index (χ3n) is 3.56. The Kier molecular flexibility index (Phi) is 5.22. The lowest BCUT2D eigenvalue weighted by Crippen LogP contribution is -2.47. The van der Waals surface area contributed by atoms with Gasteiger partial charge in [-0.05, 0) is 19.3 Å². The molecule has 1 rings (SSSR count).